The van der Waals surface area contributed by atoms with E-state index in [1.165, 1.54) is 0 Å². The first-order chi connectivity index (χ1) is 18.3. The van der Waals surface area contributed by atoms with E-state index in [2.05, 4.69) is 15.7 Å². The number of benzene rings is 2. The van der Waals surface area contributed by atoms with Gasteiger partial charge in [0.15, 0.2) is 0 Å². The first kappa shape index (κ1) is 26.9. The highest BCUT2D eigenvalue weighted by Crippen LogP contribution is 2.20. The van der Waals surface area contributed by atoms with E-state index in [1.807, 2.05) is 55.8 Å². The molecule has 1 aliphatic heterocycles. The fraction of sp³-hybridized carbons (Fsp3) is 0.379. The highest BCUT2D eigenvalue weighted by atomic mass is 16.5. The summed E-state index contributed by atoms with van der Waals surface area (Å²) in [4.78, 5) is 40.5. The Labute approximate surface area is 223 Å². The van der Waals surface area contributed by atoms with E-state index in [0.717, 1.165) is 22.5 Å². The van der Waals surface area contributed by atoms with Crippen molar-refractivity contribution in [2.75, 3.05) is 32.8 Å². The van der Waals surface area contributed by atoms with Gasteiger partial charge in [0.2, 0.25) is 5.91 Å². The smallest absolute Gasteiger partial charge is 0.255 e. The Kier molecular flexibility index (Phi) is 8.78. The topological polar surface area (TPSA) is 106 Å². The molecule has 3 amide bonds. The van der Waals surface area contributed by atoms with Gasteiger partial charge in [-0.1, -0.05) is 23.8 Å². The third-order valence-electron chi connectivity index (χ3n) is 6.46. The number of carbonyl (C=O) groups excluding carboxylic acids is 3. The summed E-state index contributed by atoms with van der Waals surface area (Å²) < 4.78 is 7.69. The van der Waals surface area contributed by atoms with E-state index in [-0.39, 0.29) is 30.9 Å². The molecule has 0 atom stereocenters. The van der Waals surface area contributed by atoms with Crippen molar-refractivity contribution in [2.24, 2.45) is 0 Å². The maximum Gasteiger partial charge on any atom is 0.255 e. The first-order valence-electron chi connectivity index (χ1n) is 13.0. The summed E-state index contributed by atoms with van der Waals surface area (Å²) in [5, 5.41) is 10.3. The third-order valence-corrected chi connectivity index (χ3v) is 6.46. The molecule has 9 heteroatoms. The summed E-state index contributed by atoms with van der Waals surface area (Å²) in [6.07, 6.45) is 0.807. The fourth-order valence-corrected chi connectivity index (χ4v) is 4.53. The van der Waals surface area contributed by atoms with E-state index in [0.29, 0.717) is 55.9 Å². The van der Waals surface area contributed by atoms with E-state index < -0.39 is 0 Å². The highest BCUT2D eigenvalue weighted by molar-refractivity contribution is 5.97. The molecule has 0 aliphatic carbocycles. The van der Waals surface area contributed by atoms with Crippen LogP contribution < -0.4 is 15.4 Å². The minimum absolute atomic E-state index is 0.0962. The zero-order valence-electron chi connectivity index (χ0n) is 22.3. The minimum atomic E-state index is -0.262. The van der Waals surface area contributed by atoms with Crippen LogP contribution in [0.15, 0.2) is 48.5 Å². The van der Waals surface area contributed by atoms with Crippen molar-refractivity contribution in [1.82, 2.24) is 25.3 Å². The van der Waals surface area contributed by atoms with Gasteiger partial charge < -0.3 is 20.3 Å². The zero-order chi connectivity index (χ0) is 27.1. The number of nitrogens with one attached hydrogen (secondary N) is 2. The summed E-state index contributed by atoms with van der Waals surface area (Å²) in [7, 11) is 0. The minimum Gasteiger partial charge on any atom is -0.491 e. The number of aryl methyl sites for hydroxylation is 3. The Bertz CT molecular complexity index is 1320. The lowest BCUT2D eigenvalue weighted by Gasteiger charge is -2.23. The molecule has 0 fully saturated rings. The van der Waals surface area contributed by atoms with Gasteiger partial charge in [0.05, 0.1) is 24.3 Å². The van der Waals surface area contributed by atoms with E-state index in [1.54, 1.807) is 23.1 Å². The number of amides is 3. The molecule has 1 aliphatic rings. The predicted octanol–water partition coefficient (Wildman–Crippen LogP) is 3.02. The van der Waals surface area contributed by atoms with Crippen molar-refractivity contribution in [3.8, 4) is 5.75 Å². The Balaban J connectivity index is 1.50. The van der Waals surface area contributed by atoms with Crippen molar-refractivity contribution in [3.05, 3.63) is 82.2 Å². The molecular formula is C29H35N5O4. The van der Waals surface area contributed by atoms with Crippen LogP contribution in [0, 0.1) is 20.8 Å². The van der Waals surface area contributed by atoms with Gasteiger partial charge in [0, 0.05) is 37.3 Å². The molecule has 9 nitrogen and oxygen atoms in total. The van der Waals surface area contributed by atoms with Crippen LogP contribution in [0.25, 0.3) is 0 Å². The second-order valence-electron chi connectivity index (χ2n) is 9.63. The lowest BCUT2D eigenvalue weighted by molar-refractivity contribution is -0.121. The molecule has 0 unspecified atom stereocenters. The second kappa shape index (κ2) is 12.4. The van der Waals surface area contributed by atoms with Gasteiger partial charge in [-0.25, -0.2) is 0 Å². The quantitative estimate of drug-likeness (QED) is 0.556. The molecule has 2 aromatic carbocycles. The summed E-state index contributed by atoms with van der Waals surface area (Å²) in [6, 6.07) is 15.0. The SMILES string of the molecule is Cc1ccc2c(c1)C(=O)NCCN(C(=O)c1cccc(Cn3nc(C)cc3C)c1)CCCC(=O)NCCO2. The Hall–Kier alpha value is -4.14. The molecule has 0 radical (unpaired) electrons. The molecule has 0 saturated heterocycles. The van der Waals surface area contributed by atoms with Gasteiger partial charge in [-0.05, 0) is 63.1 Å². The highest BCUT2D eigenvalue weighted by Gasteiger charge is 2.19. The standard InChI is InChI=1S/C29H35N5O4/c1-20-9-10-26-25(16-20)28(36)31-11-14-33(13-5-8-27(35)30-12-15-38-26)29(37)24-7-4-6-23(18-24)19-34-22(3)17-21(2)32-34/h4,6-7,9-10,16-18H,5,8,11-15,19H2,1-3H3,(H,30,35)(H,31,36). The number of hydrogen-bond acceptors (Lipinski definition) is 5. The Morgan fingerprint density at radius 3 is 2.63 bits per heavy atom. The van der Waals surface area contributed by atoms with E-state index in [9.17, 15) is 14.4 Å². The fourth-order valence-electron chi connectivity index (χ4n) is 4.53. The normalized spacial score (nSPS) is 15.4. The van der Waals surface area contributed by atoms with Crippen molar-refractivity contribution < 1.29 is 19.1 Å². The molecular weight excluding hydrogens is 482 g/mol. The van der Waals surface area contributed by atoms with Gasteiger partial charge in [0.1, 0.15) is 12.4 Å². The zero-order valence-corrected chi connectivity index (χ0v) is 22.3. The van der Waals surface area contributed by atoms with Crippen LogP contribution in [0.1, 0.15) is 56.1 Å². The maximum atomic E-state index is 13.5. The molecule has 2 heterocycles. The summed E-state index contributed by atoms with van der Waals surface area (Å²) in [5.74, 6) is -0.0358. The Morgan fingerprint density at radius 1 is 1.00 bits per heavy atom. The van der Waals surface area contributed by atoms with Crippen molar-refractivity contribution >= 4 is 17.7 Å². The number of nitrogens with zero attached hydrogens (tertiary/aromatic N) is 3. The van der Waals surface area contributed by atoms with Crippen LogP contribution in [-0.4, -0.2) is 65.2 Å². The first-order valence-corrected chi connectivity index (χ1v) is 13.0. The van der Waals surface area contributed by atoms with Crippen molar-refractivity contribution in [3.63, 3.8) is 0 Å². The number of fused-ring (bicyclic) bond motifs is 1. The summed E-state index contributed by atoms with van der Waals surface area (Å²) in [5.41, 5.74) is 4.91. The number of carbonyl (C=O) groups is 3. The van der Waals surface area contributed by atoms with Crippen LogP contribution in [0.5, 0.6) is 5.75 Å². The summed E-state index contributed by atoms with van der Waals surface area (Å²) in [6.45, 7) is 8.02. The molecule has 0 bridgehead atoms. The largest absolute Gasteiger partial charge is 0.491 e. The average molecular weight is 518 g/mol. The van der Waals surface area contributed by atoms with Crippen LogP contribution in [0.3, 0.4) is 0 Å². The molecule has 0 saturated carbocycles. The summed E-state index contributed by atoms with van der Waals surface area (Å²) >= 11 is 0. The number of hydrogen-bond donors (Lipinski definition) is 2. The molecule has 0 spiro atoms. The monoisotopic (exact) mass is 517 g/mol. The molecule has 38 heavy (non-hydrogen) atoms. The van der Waals surface area contributed by atoms with Crippen molar-refractivity contribution in [1.29, 1.82) is 0 Å². The number of ether oxygens (including phenoxy) is 1. The molecule has 200 valence electrons. The molecule has 4 rings (SSSR count). The van der Waals surface area contributed by atoms with Crippen LogP contribution >= 0.6 is 0 Å². The molecule has 1 aromatic heterocycles. The van der Waals surface area contributed by atoms with Gasteiger partial charge in [-0.3, -0.25) is 19.1 Å². The van der Waals surface area contributed by atoms with Gasteiger partial charge in [-0.15, -0.1) is 0 Å². The second-order valence-corrected chi connectivity index (χ2v) is 9.63. The lowest BCUT2D eigenvalue weighted by atomic mass is 10.1. The van der Waals surface area contributed by atoms with E-state index in [4.69, 9.17) is 4.74 Å². The average Bonchev–Trinajstić information content (AvgIpc) is 3.21. The Morgan fingerprint density at radius 2 is 1.84 bits per heavy atom. The van der Waals surface area contributed by atoms with Crippen LogP contribution in [-0.2, 0) is 11.3 Å². The molecule has 2 N–H and O–H groups in total. The van der Waals surface area contributed by atoms with Crippen LogP contribution in [0.4, 0.5) is 0 Å². The lowest BCUT2D eigenvalue weighted by Crippen LogP contribution is -2.39. The van der Waals surface area contributed by atoms with Gasteiger partial charge in [0.25, 0.3) is 11.8 Å². The van der Waals surface area contributed by atoms with Gasteiger partial charge >= 0.3 is 0 Å². The molecule has 3 aromatic rings. The predicted molar refractivity (Wildman–Crippen MR) is 144 cm³/mol. The van der Waals surface area contributed by atoms with Crippen LogP contribution in [0.2, 0.25) is 0 Å². The third kappa shape index (κ3) is 7.00. The maximum absolute atomic E-state index is 13.5. The number of aromatic nitrogens is 2. The number of rotatable bonds is 3. The van der Waals surface area contributed by atoms with Crippen molar-refractivity contribution in [2.45, 2.75) is 40.2 Å². The van der Waals surface area contributed by atoms with Gasteiger partial charge in [-0.2, -0.15) is 5.10 Å². The van der Waals surface area contributed by atoms with E-state index >= 15 is 0 Å².